The minimum atomic E-state index is -0.282. The number of hydrogen-bond acceptors (Lipinski definition) is 8. The van der Waals surface area contributed by atoms with Crippen LogP contribution >= 0.6 is 0 Å². The number of nitrogens with zero attached hydrogens (tertiary/aromatic N) is 2. The lowest BCUT2D eigenvalue weighted by atomic mass is 10.3. The summed E-state index contributed by atoms with van der Waals surface area (Å²) in [4.78, 5) is 26.5. The minimum absolute atomic E-state index is 0.0500. The number of rotatable bonds is 14. The average Bonchev–Trinajstić information content (AvgIpc) is 2.56. The molecule has 0 aliphatic carbocycles. The third kappa shape index (κ3) is 11.9. The van der Waals surface area contributed by atoms with Gasteiger partial charge >= 0.3 is 11.9 Å². The van der Waals surface area contributed by atoms with E-state index in [1.807, 2.05) is 9.80 Å². The first-order chi connectivity index (χ1) is 11.1. The van der Waals surface area contributed by atoms with Gasteiger partial charge in [0.05, 0.1) is 40.3 Å². The number of methoxy groups -OCH3 is 2. The zero-order valence-electron chi connectivity index (χ0n) is 14.2. The van der Waals surface area contributed by atoms with Crippen LogP contribution in [0.3, 0.4) is 0 Å². The van der Waals surface area contributed by atoms with Gasteiger partial charge in [-0.1, -0.05) is 0 Å². The van der Waals surface area contributed by atoms with Gasteiger partial charge in [0.15, 0.2) is 0 Å². The van der Waals surface area contributed by atoms with E-state index in [0.717, 1.165) is 13.0 Å². The zero-order valence-corrected chi connectivity index (χ0v) is 14.2. The molecular weight excluding hydrogens is 304 g/mol. The van der Waals surface area contributed by atoms with Crippen LogP contribution in [0.15, 0.2) is 0 Å². The topological polar surface area (TPSA) is 99.5 Å². The number of carbonyl (C=O) groups excluding carboxylic acids is 2. The molecule has 0 aromatic carbocycles. The van der Waals surface area contributed by atoms with Crippen molar-refractivity contribution in [3.8, 4) is 0 Å². The summed E-state index contributed by atoms with van der Waals surface area (Å²) in [5.74, 6) is -0.564. The molecule has 0 aliphatic rings. The molecule has 0 atom stereocenters. The van der Waals surface area contributed by atoms with Crippen LogP contribution in [0.25, 0.3) is 0 Å². The predicted molar refractivity (Wildman–Crippen MR) is 84.9 cm³/mol. The van der Waals surface area contributed by atoms with Crippen molar-refractivity contribution in [2.24, 2.45) is 0 Å². The molecule has 136 valence electrons. The normalized spacial score (nSPS) is 11.0. The number of ether oxygens (including phenoxy) is 2. The quantitative estimate of drug-likeness (QED) is 0.394. The van der Waals surface area contributed by atoms with Gasteiger partial charge in [-0.25, -0.2) is 0 Å². The first-order valence-electron chi connectivity index (χ1n) is 7.87. The Labute approximate surface area is 138 Å². The summed E-state index contributed by atoms with van der Waals surface area (Å²) >= 11 is 0. The number of aliphatic hydroxyl groups excluding tert-OH is 2. The van der Waals surface area contributed by atoms with Crippen LogP contribution in [0, 0.1) is 0 Å². The summed E-state index contributed by atoms with van der Waals surface area (Å²) in [6.45, 7) is 3.61. The number of aliphatic hydroxyl groups is 2. The van der Waals surface area contributed by atoms with Crippen molar-refractivity contribution in [1.82, 2.24) is 9.80 Å². The van der Waals surface area contributed by atoms with E-state index < -0.39 is 0 Å². The van der Waals surface area contributed by atoms with Gasteiger partial charge in [0.25, 0.3) is 0 Å². The van der Waals surface area contributed by atoms with E-state index in [2.05, 4.69) is 9.47 Å². The van der Waals surface area contributed by atoms with Crippen LogP contribution < -0.4 is 0 Å². The van der Waals surface area contributed by atoms with E-state index in [4.69, 9.17) is 10.2 Å². The summed E-state index contributed by atoms with van der Waals surface area (Å²) < 4.78 is 9.27. The lowest BCUT2D eigenvalue weighted by Crippen LogP contribution is -2.35. The van der Waals surface area contributed by atoms with Gasteiger partial charge in [-0.15, -0.1) is 0 Å². The lowest BCUT2D eigenvalue weighted by molar-refractivity contribution is -0.141. The second kappa shape index (κ2) is 14.4. The highest BCUT2D eigenvalue weighted by atomic mass is 16.5. The SMILES string of the molecule is COC(=O)CCN(CCCN(CCO)CCO)CCC(=O)OC. The Morgan fingerprint density at radius 2 is 1.13 bits per heavy atom. The highest BCUT2D eigenvalue weighted by Gasteiger charge is 2.12. The van der Waals surface area contributed by atoms with Gasteiger partial charge in [0.1, 0.15) is 0 Å². The summed E-state index contributed by atoms with van der Waals surface area (Å²) in [5, 5.41) is 18.0. The Morgan fingerprint density at radius 3 is 1.48 bits per heavy atom. The maximum atomic E-state index is 11.3. The van der Waals surface area contributed by atoms with E-state index in [-0.39, 0.29) is 38.0 Å². The lowest BCUT2D eigenvalue weighted by Gasteiger charge is -2.24. The van der Waals surface area contributed by atoms with Crippen molar-refractivity contribution in [2.75, 3.05) is 66.7 Å². The Kier molecular flexibility index (Phi) is 13.6. The van der Waals surface area contributed by atoms with E-state index in [1.54, 1.807) is 0 Å². The molecule has 0 saturated carbocycles. The monoisotopic (exact) mass is 334 g/mol. The van der Waals surface area contributed by atoms with Crippen LogP contribution in [0.4, 0.5) is 0 Å². The molecule has 0 bridgehead atoms. The highest BCUT2D eigenvalue weighted by molar-refractivity contribution is 5.70. The van der Waals surface area contributed by atoms with E-state index in [9.17, 15) is 9.59 Å². The van der Waals surface area contributed by atoms with Gasteiger partial charge in [0.2, 0.25) is 0 Å². The van der Waals surface area contributed by atoms with Crippen molar-refractivity contribution in [1.29, 1.82) is 0 Å². The van der Waals surface area contributed by atoms with Crippen LogP contribution in [0.1, 0.15) is 19.3 Å². The number of hydrogen-bond donors (Lipinski definition) is 2. The molecule has 0 unspecified atom stereocenters. The molecule has 0 heterocycles. The molecular formula is C15H30N2O6. The average molecular weight is 334 g/mol. The Morgan fingerprint density at radius 1 is 0.739 bits per heavy atom. The first kappa shape index (κ1) is 21.8. The maximum absolute atomic E-state index is 11.3. The van der Waals surface area contributed by atoms with Gasteiger partial charge in [-0.3, -0.25) is 14.5 Å². The second-order valence-corrected chi connectivity index (χ2v) is 5.14. The fraction of sp³-hybridized carbons (Fsp3) is 0.867. The van der Waals surface area contributed by atoms with Gasteiger partial charge in [-0.2, -0.15) is 0 Å². The summed E-state index contributed by atoms with van der Waals surface area (Å²) in [7, 11) is 2.70. The van der Waals surface area contributed by atoms with E-state index in [0.29, 0.717) is 32.7 Å². The molecule has 0 aromatic heterocycles. The fourth-order valence-corrected chi connectivity index (χ4v) is 2.17. The molecule has 0 radical (unpaired) electrons. The van der Waals surface area contributed by atoms with Crippen LogP contribution in [-0.2, 0) is 19.1 Å². The fourth-order valence-electron chi connectivity index (χ4n) is 2.17. The van der Waals surface area contributed by atoms with Gasteiger partial charge < -0.3 is 24.6 Å². The maximum Gasteiger partial charge on any atom is 0.306 e. The largest absolute Gasteiger partial charge is 0.469 e. The third-order valence-electron chi connectivity index (χ3n) is 3.50. The van der Waals surface area contributed by atoms with Gasteiger partial charge in [0, 0.05) is 26.2 Å². The molecule has 8 heteroatoms. The van der Waals surface area contributed by atoms with E-state index in [1.165, 1.54) is 14.2 Å². The Hall–Kier alpha value is -1.22. The standard InChI is InChI=1S/C15H30N2O6/c1-22-14(20)4-8-16(9-5-15(21)23-2)6-3-7-17(10-12-18)11-13-19/h18-19H,3-13H2,1-2H3. The van der Waals surface area contributed by atoms with Gasteiger partial charge in [-0.05, 0) is 19.5 Å². The molecule has 0 aromatic rings. The number of esters is 2. The molecule has 0 rings (SSSR count). The van der Waals surface area contributed by atoms with Crippen LogP contribution in [-0.4, -0.2) is 98.7 Å². The van der Waals surface area contributed by atoms with Crippen LogP contribution in [0.2, 0.25) is 0 Å². The Balaban J connectivity index is 4.25. The summed E-state index contributed by atoms with van der Waals surface area (Å²) in [6.07, 6.45) is 1.35. The van der Waals surface area contributed by atoms with Crippen molar-refractivity contribution in [3.05, 3.63) is 0 Å². The minimum Gasteiger partial charge on any atom is -0.469 e. The molecule has 2 N–H and O–H groups in total. The van der Waals surface area contributed by atoms with Crippen molar-refractivity contribution >= 4 is 11.9 Å². The molecule has 0 amide bonds. The molecule has 23 heavy (non-hydrogen) atoms. The van der Waals surface area contributed by atoms with Crippen molar-refractivity contribution < 1.29 is 29.3 Å². The molecule has 0 fully saturated rings. The third-order valence-corrected chi connectivity index (χ3v) is 3.50. The highest BCUT2D eigenvalue weighted by Crippen LogP contribution is 2.01. The van der Waals surface area contributed by atoms with Crippen LogP contribution in [0.5, 0.6) is 0 Å². The van der Waals surface area contributed by atoms with Crippen molar-refractivity contribution in [2.45, 2.75) is 19.3 Å². The van der Waals surface area contributed by atoms with E-state index >= 15 is 0 Å². The molecule has 0 aliphatic heterocycles. The number of carbonyl (C=O) groups is 2. The zero-order chi connectivity index (χ0) is 17.5. The predicted octanol–water partition coefficient (Wildman–Crippen LogP) is -0.909. The molecule has 0 saturated heterocycles. The molecule has 8 nitrogen and oxygen atoms in total. The smallest absolute Gasteiger partial charge is 0.306 e. The summed E-state index contributed by atoms with van der Waals surface area (Å²) in [6, 6.07) is 0. The first-order valence-corrected chi connectivity index (χ1v) is 7.87. The summed E-state index contributed by atoms with van der Waals surface area (Å²) in [5.41, 5.74) is 0. The Bertz CT molecular complexity index is 301. The molecule has 0 spiro atoms. The second-order valence-electron chi connectivity index (χ2n) is 5.14. The van der Waals surface area contributed by atoms with Crippen molar-refractivity contribution in [3.63, 3.8) is 0 Å².